The number of benzene rings is 2. The number of nitriles is 1. The van der Waals surface area contributed by atoms with Crippen LogP contribution in [-0.2, 0) is 6.42 Å². The number of hydrogen-bond acceptors (Lipinski definition) is 3. The number of aliphatic hydroxyl groups is 1. The Hall–Kier alpha value is -1.83. The lowest BCUT2D eigenvalue weighted by molar-refractivity contribution is 0.0164. The summed E-state index contributed by atoms with van der Waals surface area (Å²) in [5.74, 6) is 0. The molecule has 3 nitrogen and oxygen atoms in total. The second-order valence-electron chi connectivity index (χ2n) is 6.14. The van der Waals surface area contributed by atoms with Gasteiger partial charge >= 0.3 is 0 Å². The van der Waals surface area contributed by atoms with E-state index in [1.165, 1.54) is 0 Å². The summed E-state index contributed by atoms with van der Waals surface area (Å²) in [6.45, 7) is 1.65. The molecule has 0 aliphatic carbocycles. The Bertz CT molecular complexity index is 713. The molecule has 0 amide bonds. The molecule has 1 heterocycles. The molecule has 1 N–H and O–H groups in total. The first-order chi connectivity index (χ1) is 11.1. The molecule has 4 heteroatoms. The van der Waals surface area contributed by atoms with Crippen molar-refractivity contribution in [1.29, 1.82) is 5.26 Å². The molecule has 0 atom stereocenters. The van der Waals surface area contributed by atoms with Gasteiger partial charge in [-0.25, -0.2) is 0 Å². The average Bonchev–Trinajstić information content (AvgIpc) is 2.58. The van der Waals surface area contributed by atoms with E-state index in [0.717, 1.165) is 41.7 Å². The zero-order valence-electron chi connectivity index (χ0n) is 12.9. The first kappa shape index (κ1) is 16.0. The first-order valence-electron chi connectivity index (χ1n) is 7.81. The number of piperidine rings is 1. The van der Waals surface area contributed by atoms with E-state index >= 15 is 0 Å². The molecule has 2 aromatic carbocycles. The van der Waals surface area contributed by atoms with Crippen LogP contribution in [0.2, 0.25) is 0 Å². The van der Waals surface area contributed by atoms with Gasteiger partial charge in [0.05, 0.1) is 17.2 Å². The SMILES string of the molecule is N#Cc1ccc(N2CCC(O)(Cc3ccccc3Br)CC2)cc1. The van der Waals surface area contributed by atoms with Crippen LogP contribution in [0.3, 0.4) is 0 Å². The normalized spacial score (nSPS) is 16.8. The van der Waals surface area contributed by atoms with Crippen LogP contribution in [0.5, 0.6) is 0 Å². The van der Waals surface area contributed by atoms with Crippen molar-refractivity contribution in [2.75, 3.05) is 18.0 Å². The number of nitrogens with zero attached hydrogens (tertiary/aromatic N) is 2. The Morgan fingerprint density at radius 1 is 1.09 bits per heavy atom. The van der Waals surface area contributed by atoms with Gasteiger partial charge in [0.15, 0.2) is 0 Å². The third-order valence-corrected chi connectivity index (χ3v) is 5.31. The summed E-state index contributed by atoms with van der Waals surface area (Å²) >= 11 is 3.56. The van der Waals surface area contributed by atoms with Crippen LogP contribution in [0, 0.1) is 11.3 Å². The van der Waals surface area contributed by atoms with Crippen molar-refractivity contribution in [3.8, 4) is 6.07 Å². The Labute approximate surface area is 145 Å². The Balaban J connectivity index is 1.65. The lowest BCUT2D eigenvalue weighted by Crippen LogP contribution is -2.45. The number of anilines is 1. The molecule has 3 rings (SSSR count). The van der Waals surface area contributed by atoms with Crippen molar-refractivity contribution in [2.24, 2.45) is 0 Å². The molecule has 0 aromatic heterocycles. The highest BCUT2D eigenvalue weighted by atomic mass is 79.9. The van der Waals surface area contributed by atoms with Crippen molar-refractivity contribution in [1.82, 2.24) is 0 Å². The summed E-state index contributed by atoms with van der Waals surface area (Å²) in [4.78, 5) is 2.27. The lowest BCUT2D eigenvalue weighted by atomic mass is 9.85. The lowest BCUT2D eigenvalue weighted by Gasteiger charge is -2.39. The van der Waals surface area contributed by atoms with Gasteiger partial charge in [-0.2, -0.15) is 5.26 Å². The number of halogens is 1. The van der Waals surface area contributed by atoms with Crippen LogP contribution in [0.25, 0.3) is 0 Å². The summed E-state index contributed by atoms with van der Waals surface area (Å²) < 4.78 is 1.06. The largest absolute Gasteiger partial charge is 0.389 e. The summed E-state index contributed by atoms with van der Waals surface area (Å²) in [6.07, 6.45) is 2.16. The molecule has 0 radical (unpaired) electrons. The number of hydrogen-bond donors (Lipinski definition) is 1. The molecule has 1 saturated heterocycles. The van der Waals surface area contributed by atoms with Gasteiger partial charge in [-0.05, 0) is 48.7 Å². The standard InChI is InChI=1S/C19H19BrN2O/c20-18-4-2-1-3-16(18)13-19(23)9-11-22(12-10-19)17-7-5-15(14-21)6-8-17/h1-8,23H,9-13H2. The minimum atomic E-state index is -0.646. The summed E-state index contributed by atoms with van der Waals surface area (Å²) in [5, 5.41) is 19.8. The highest BCUT2D eigenvalue weighted by molar-refractivity contribution is 9.10. The molecule has 0 saturated carbocycles. The third kappa shape index (κ3) is 3.74. The van der Waals surface area contributed by atoms with E-state index in [9.17, 15) is 5.11 Å². The fourth-order valence-electron chi connectivity index (χ4n) is 3.10. The fraction of sp³-hybridized carbons (Fsp3) is 0.316. The summed E-state index contributed by atoms with van der Waals surface area (Å²) in [7, 11) is 0. The van der Waals surface area contributed by atoms with Crippen molar-refractivity contribution in [3.63, 3.8) is 0 Å². The van der Waals surface area contributed by atoms with Crippen LogP contribution in [-0.4, -0.2) is 23.8 Å². The smallest absolute Gasteiger partial charge is 0.0991 e. The van der Waals surface area contributed by atoms with Crippen LogP contribution in [0.15, 0.2) is 53.0 Å². The maximum absolute atomic E-state index is 10.9. The molecule has 1 fully saturated rings. The molecule has 0 spiro atoms. The van der Waals surface area contributed by atoms with Gasteiger partial charge in [-0.1, -0.05) is 34.1 Å². The molecule has 1 aliphatic rings. The monoisotopic (exact) mass is 370 g/mol. The molecular weight excluding hydrogens is 352 g/mol. The molecular formula is C19H19BrN2O. The summed E-state index contributed by atoms with van der Waals surface area (Å²) in [6, 6.07) is 17.9. The fourth-order valence-corrected chi connectivity index (χ4v) is 3.53. The zero-order valence-corrected chi connectivity index (χ0v) is 14.5. The maximum atomic E-state index is 10.9. The van der Waals surface area contributed by atoms with Crippen molar-refractivity contribution in [3.05, 3.63) is 64.1 Å². The van der Waals surface area contributed by atoms with Crippen LogP contribution < -0.4 is 4.90 Å². The quantitative estimate of drug-likeness (QED) is 0.891. The Morgan fingerprint density at radius 2 is 1.74 bits per heavy atom. The van der Waals surface area contributed by atoms with Crippen molar-refractivity contribution < 1.29 is 5.11 Å². The molecule has 0 bridgehead atoms. The predicted octanol–water partition coefficient (Wildman–Crippen LogP) is 3.89. The Kier molecular flexibility index (Phi) is 4.70. The average molecular weight is 371 g/mol. The highest BCUT2D eigenvalue weighted by Gasteiger charge is 2.32. The van der Waals surface area contributed by atoms with Gasteiger partial charge in [0, 0.05) is 29.7 Å². The van der Waals surface area contributed by atoms with Crippen molar-refractivity contribution in [2.45, 2.75) is 24.9 Å². The van der Waals surface area contributed by atoms with Crippen LogP contribution in [0.1, 0.15) is 24.0 Å². The summed E-state index contributed by atoms with van der Waals surface area (Å²) in [5.41, 5.74) is 2.30. The molecule has 0 unspecified atom stereocenters. The zero-order chi connectivity index (χ0) is 16.3. The van der Waals surface area contributed by atoms with E-state index in [2.05, 4.69) is 33.0 Å². The first-order valence-corrected chi connectivity index (χ1v) is 8.60. The van der Waals surface area contributed by atoms with E-state index < -0.39 is 5.60 Å². The van der Waals surface area contributed by atoms with E-state index in [1.54, 1.807) is 0 Å². The molecule has 2 aromatic rings. The molecule has 118 valence electrons. The minimum absolute atomic E-state index is 0.646. The van der Waals surface area contributed by atoms with Gasteiger partial charge in [0.2, 0.25) is 0 Å². The van der Waals surface area contributed by atoms with Gasteiger partial charge in [-0.15, -0.1) is 0 Å². The van der Waals surface area contributed by atoms with Crippen LogP contribution in [0.4, 0.5) is 5.69 Å². The van der Waals surface area contributed by atoms with Gasteiger partial charge in [-0.3, -0.25) is 0 Å². The second kappa shape index (κ2) is 6.74. The maximum Gasteiger partial charge on any atom is 0.0991 e. The number of rotatable bonds is 3. The van der Waals surface area contributed by atoms with Gasteiger partial charge in [0.1, 0.15) is 0 Å². The van der Waals surface area contributed by atoms with E-state index in [0.29, 0.717) is 12.0 Å². The predicted molar refractivity (Wildman–Crippen MR) is 95.4 cm³/mol. The highest BCUT2D eigenvalue weighted by Crippen LogP contribution is 2.31. The van der Waals surface area contributed by atoms with E-state index in [4.69, 9.17) is 5.26 Å². The van der Waals surface area contributed by atoms with Crippen LogP contribution >= 0.6 is 15.9 Å². The third-order valence-electron chi connectivity index (χ3n) is 4.53. The molecule has 1 aliphatic heterocycles. The topological polar surface area (TPSA) is 47.3 Å². The van der Waals surface area contributed by atoms with Crippen molar-refractivity contribution >= 4 is 21.6 Å². The molecule has 23 heavy (non-hydrogen) atoms. The van der Waals surface area contributed by atoms with Gasteiger partial charge in [0.25, 0.3) is 0 Å². The van der Waals surface area contributed by atoms with Gasteiger partial charge < -0.3 is 10.0 Å². The van der Waals surface area contributed by atoms with E-state index in [1.807, 2.05) is 42.5 Å². The Morgan fingerprint density at radius 3 is 2.35 bits per heavy atom. The second-order valence-corrected chi connectivity index (χ2v) is 6.99. The van der Waals surface area contributed by atoms with E-state index in [-0.39, 0.29) is 0 Å². The minimum Gasteiger partial charge on any atom is -0.389 e.